The number of ether oxygens (including phenoxy) is 1. The molecule has 0 bridgehead atoms. The molecule has 0 aliphatic rings. The number of anilines is 1. The molecule has 0 amide bonds. The summed E-state index contributed by atoms with van der Waals surface area (Å²) >= 11 is 0. The van der Waals surface area contributed by atoms with E-state index in [4.69, 9.17) is 10.5 Å². The maximum Gasteiger partial charge on any atom is 0.218 e. The quantitative estimate of drug-likeness (QED) is 0.818. The van der Waals surface area contributed by atoms with Gasteiger partial charge in [0.05, 0.1) is 11.4 Å². The summed E-state index contributed by atoms with van der Waals surface area (Å²) in [6.45, 7) is 1.76. The van der Waals surface area contributed by atoms with Crippen molar-refractivity contribution in [2.45, 2.75) is 6.92 Å². The Balaban J connectivity index is 2.43. The molecule has 2 aromatic rings. The molecule has 1 aromatic carbocycles. The van der Waals surface area contributed by atoms with Gasteiger partial charge in [0.1, 0.15) is 0 Å². The van der Waals surface area contributed by atoms with E-state index in [0.717, 1.165) is 6.07 Å². The standard InChI is InChI=1S/C11H11F2N3O/c1-6-5-9(16(2)15-6)17-11-8(14)4-3-7(12)10(11)13/h3-5H,14H2,1-2H3. The van der Waals surface area contributed by atoms with E-state index in [2.05, 4.69) is 5.10 Å². The lowest BCUT2D eigenvalue weighted by atomic mass is 10.3. The molecule has 0 saturated heterocycles. The highest BCUT2D eigenvalue weighted by molar-refractivity contribution is 5.54. The number of hydrogen-bond donors (Lipinski definition) is 1. The molecule has 0 aliphatic carbocycles. The third-order valence-electron chi connectivity index (χ3n) is 2.25. The second-order valence-corrected chi connectivity index (χ2v) is 3.63. The Kier molecular flexibility index (Phi) is 2.71. The molecule has 0 radical (unpaired) electrons. The zero-order chi connectivity index (χ0) is 12.6. The molecule has 0 aliphatic heterocycles. The monoisotopic (exact) mass is 239 g/mol. The lowest BCUT2D eigenvalue weighted by molar-refractivity contribution is 0.390. The first-order chi connectivity index (χ1) is 7.99. The lowest BCUT2D eigenvalue weighted by Gasteiger charge is -2.09. The molecule has 6 heteroatoms. The minimum absolute atomic E-state index is 0.0303. The summed E-state index contributed by atoms with van der Waals surface area (Å²) in [5, 5.41) is 4.02. The number of aromatic nitrogens is 2. The minimum Gasteiger partial charge on any atom is -0.434 e. The number of hydrogen-bond acceptors (Lipinski definition) is 3. The van der Waals surface area contributed by atoms with Crippen molar-refractivity contribution in [2.24, 2.45) is 7.05 Å². The minimum atomic E-state index is -1.11. The van der Waals surface area contributed by atoms with Crippen LogP contribution in [0.1, 0.15) is 5.69 Å². The fraction of sp³-hybridized carbons (Fsp3) is 0.182. The zero-order valence-electron chi connectivity index (χ0n) is 9.37. The molecule has 90 valence electrons. The summed E-state index contributed by atoms with van der Waals surface area (Å²) in [5.41, 5.74) is 6.27. The van der Waals surface area contributed by atoms with Gasteiger partial charge in [-0.1, -0.05) is 0 Å². The summed E-state index contributed by atoms with van der Waals surface area (Å²) in [4.78, 5) is 0. The van der Waals surface area contributed by atoms with Crippen LogP contribution in [0.25, 0.3) is 0 Å². The molecule has 0 spiro atoms. The fourth-order valence-corrected chi connectivity index (χ4v) is 1.44. The van der Waals surface area contributed by atoms with E-state index in [-0.39, 0.29) is 11.4 Å². The van der Waals surface area contributed by atoms with E-state index in [1.54, 1.807) is 20.0 Å². The predicted octanol–water partition coefficient (Wildman–Crippen LogP) is 2.38. The van der Waals surface area contributed by atoms with Gasteiger partial charge >= 0.3 is 0 Å². The van der Waals surface area contributed by atoms with Crippen molar-refractivity contribution in [1.29, 1.82) is 0 Å². The van der Waals surface area contributed by atoms with Crippen LogP contribution in [0.3, 0.4) is 0 Å². The summed E-state index contributed by atoms with van der Waals surface area (Å²) in [5.74, 6) is -2.15. The highest BCUT2D eigenvalue weighted by Gasteiger charge is 2.15. The number of nitrogens with zero attached hydrogens (tertiary/aromatic N) is 2. The van der Waals surface area contributed by atoms with E-state index in [0.29, 0.717) is 11.6 Å². The molecule has 2 N–H and O–H groups in total. The zero-order valence-corrected chi connectivity index (χ0v) is 9.37. The average molecular weight is 239 g/mol. The normalized spacial score (nSPS) is 10.6. The summed E-state index contributed by atoms with van der Waals surface area (Å²) < 4.78 is 33.2. The molecule has 17 heavy (non-hydrogen) atoms. The van der Waals surface area contributed by atoms with E-state index in [1.165, 1.54) is 10.7 Å². The molecular formula is C11H11F2N3O. The largest absolute Gasteiger partial charge is 0.434 e. The van der Waals surface area contributed by atoms with Crippen LogP contribution in [-0.4, -0.2) is 9.78 Å². The first kappa shape index (κ1) is 11.4. The van der Waals surface area contributed by atoms with Crippen LogP contribution >= 0.6 is 0 Å². The summed E-state index contributed by atoms with van der Waals surface area (Å²) in [6.07, 6.45) is 0. The average Bonchev–Trinajstić information content (AvgIpc) is 2.58. The van der Waals surface area contributed by atoms with Gasteiger partial charge in [-0.25, -0.2) is 9.07 Å². The van der Waals surface area contributed by atoms with Gasteiger partial charge in [0.15, 0.2) is 11.6 Å². The molecule has 4 nitrogen and oxygen atoms in total. The molecule has 1 aromatic heterocycles. The molecule has 1 heterocycles. The van der Waals surface area contributed by atoms with Crippen LogP contribution in [0.4, 0.5) is 14.5 Å². The van der Waals surface area contributed by atoms with Gasteiger partial charge in [-0.05, 0) is 19.1 Å². The second kappa shape index (κ2) is 4.04. The number of aryl methyl sites for hydroxylation is 2. The van der Waals surface area contributed by atoms with Crippen LogP contribution in [-0.2, 0) is 7.05 Å². The number of benzene rings is 1. The third-order valence-corrected chi connectivity index (χ3v) is 2.25. The van der Waals surface area contributed by atoms with Crippen LogP contribution in [0, 0.1) is 18.6 Å². The van der Waals surface area contributed by atoms with E-state index < -0.39 is 11.6 Å². The number of halogens is 2. The van der Waals surface area contributed by atoms with Gasteiger partial charge < -0.3 is 10.5 Å². The molecular weight excluding hydrogens is 228 g/mol. The van der Waals surface area contributed by atoms with Crippen molar-refractivity contribution >= 4 is 5.69 Å². The maximum atomic E-state index is 13.5. The van der Waals surface area contributed by atoms with Crippen LogP contribution in [0.15, 0.2) is 18.2 Å². The van der Waals surface area contributed by atoms with Crippen molar-refractivity contribution in [1.82, 2.24) is 9.78 Å². The van der Waals surface area contributed by atoms with Gasteiger partial charge in [-0.3, -0.25) is 0 Å². The topological polar surface area (TPSA) is 53.1 Å². The van der Waals surface area contributed by atoms with Crippen molar-refractivity contribution in [3.05, 3.63) is 35.5 Å². The highest BCUT2D eigenvalue weighted by Crippen LogP contribution is 2.31. The van der Waals surface area contributed by atoms with Gasteiger partial charge in [-0.2, -0.15) is 9.49 Å². The van der Waals surface area contributed by atoms with Crippen molar-refractivity contribution in [2.75, 3.05) is 5.73 Å². The summed E-state index contributed by atoms with van der Waals surface area (Å²) in [7, 11) is 1.63. The second-order valence-electron chi connectivity index (χ2n) is 3.63. The molecule has 0 fully saturated rings. The fourth-order valence-electron chi connectivity index (χ4n) is 1.44. The van der Waals surface area contributed by atoms with E-state index in [9.17, 15) is 8.78 Å². The Bertz CT molecular complexity index is 566. The smallest absolute Gasteiger partial charge is 0.218 e. The molecule has 2 rings (SSSR count). The van der Waals surface area contributed by atoms with Gasteiger partial charge in [0.2, 0.25) is 11.7 Å². The Morgan fingerprint density at radius 1 is 1.35 bits per heavy atom. The number of nitrogen functional groups attached to an aromatic ring is 1. The van der Waals surface area contributed by atoms with Crippen molar-refractivity contribution in [3.8, 4) is 11.6 Å². The van der Waals surface area contributed by atoms with Crippen LogP contribution in [0.5, 0.6) is 11.6 Å². The van der Waals surface area contributed by atoms with Crippen LogP contribution in [0.2, 0.25) is 0 Å². The lowest BCUT2D eigenvalue weighted by Crippen LogP contribution is -2.01. The first-order valence-corrected chi connectivity index (χ1v) is 4.91. The maximum absolute atomic E-state index is 13.5. The Morgan fingerprint density at radius 2 is 2.06 bits per heavy atom. The molecule has 0 saturated carbocycles. The van der Waals surface area contributed by atoms with Crippen LogP contribution < -0.4 is 10.5 Å². The van der Waals surface area contributed by atoms with E-state index in [1.807, 2.05) is 0 Å². The summed E-state index contributed by atoms with van der Waals surface area (Å²) in [6, 6.07) is 3.80. The first-order valence-electron chi connectivity index (χ1n) is 4.91. The predicted molar refractivity (Wildman–Crippen MR) is 58.8 cm³/mol. The van der Waals surface area contributed by atoms with Gasteiger partial charge in [-0.15, -0.1) is 0 Å². The van der Waals surface area contributed by atoms with Crippen molar-refractivity contribution in [3.63, 3.8) is 0 Å². The van der Waals surface area contributed by atoms with Gasteiger partial charge in [0.25, 0.3) is 0 Å². The highest BCUT2D eigenvalue weighted by atomic mass is 19.2. The number of nitrogens with two attached hydrogens (primary N) is 1. The van der Waals surface area contributed by atoms with Gasteiger partial charge in [0, 0.05) is 13.1 Å². The molecule has 0 atom stereocenters. The Hall–Kier alpha value is -2.11. The Morgan fingerprint density at radius 3 is 2.65 bits per heavy atom. The SMILES string of the molecule is Cc1cc(Oc2c(N)ccc(F)c2F)n(C)n1. The Labute approximate surface area is 96.6 Å². The van der Waals surface area contributed by atoms with Crippen molar-refractivity contribution < 1.29 is 13.5 Å². The number of rotatable bonds is 2. The third kappa shape index (κ3) is 2.06. The molecule has 0 unspecified atom stereocenters. The van der Waals surface area contributed by atoms with E-state index >= 15 is 0 Å².